The Morgan fingerprint density at radius 2 is 1.96 bits per heavy atom. The fourth-order valence-electron chi connectivity index (χ4n) is 3.03. The number of methoxy groups -OCH3 is 2. The summed E-state index contributed by atoms with van der Waals surface area (Å²) < 4.78 is 11.5. The predicted molar refractivity (Wildman–Crippen MR) is 117 cm³/mol. The third-order valence-electron chi connectivity index (χ3n) is 4.35. The minimum Gasteiger partial charge on any atom is -0.497 e. The molecule has 28 heavy (non-hydrogen) atoms. The van der Waals surface area contributed by atoms with Crippen LogP contribution in [0.25, 0.3) is 0 Å². The van der Waals surface area contributed by atoms with Gasteiger partial charge in [-0.15, -0.1) is 0 Å². The lowest BCUT2D eigenvalue weighted by Gasteiger charge is -2.30. The van der Waals surface area contributed by atoms with Gasteiger partial charge in [-0.25, -0.2) is 0 Å². The van der Waals surface area contributed by atoms with Gasteiger partial charge in [0.2, 0.25) is 0 Å². The van der Waals surface area contributed by atoms with Crippen LogP contribution in [0.3, 0.4) is 0 Å². The van der Waals surface area contributed by atoms with Crippen molar-refractivity contribution in [3.05, 3.63) is 63.8 Å². The molecule has 0 bridgehead atoms. The van der Waals surface area contributed by atoms with Crippen LogP contribution in [0.5, 0.6) is 11.5 Å². The van der Waals surface area contributed by atoms with E-state index in [1.54, 1.807) is 32.4 Å². The third-order valence-corrected chi connectivity index (χ3v) is 5.06. The number of carbonyl (C=O) groups is 1. The van der Waals surface area contributed by atoms with Gasteiger partial charge in [0.1, 0.15) is 11.5 Å². The molecule has 1 atom stereocenters. The maximum absolute atomic E-state index is 13.2. The van der Waals surface area contributed by atoms with E-state index in [-0.39, 0.29) is 11.9 Å². The van der Waals surface area contributed by atoms with Crippen LogP contribution in [0.1, 0.15) is 18.5 Å². The van der Waals surface area contributed by atoms with Crippen molar-refractivity contribution in [3.63, 3.8) is 0 Å². The van der Waals surface area contributed by atoms with Crippen molar-refractivity contribution in [2.45, 2.75) is 13.0 Å². The van der Waals surface area contributed by atoms with Gasteiger partial charge in [0, 0.05) is 16.2 Å². The van der Waals surface area contributed by atoms with Gasteiger partial charge in [-0.05, 0) is 49.0 Å². The lowest BCUT2D eigenvalue weighted by molar-refractivity contribution is -0.113. The first kappa shape index (κ1) is 20.2. The van der Waals surface area contributed by atoms with Crippen LogP contribution < -0.4 is 25.4 Å². The summed E-state index contributed by atoms with van der Waals surface area (Å²) in [5.74, 6) is 0.890. The van der Waals surface area contributed by atoms with Crippen LogP contribution in [0.2, 0.25) is 0 Å². The molecule has 0 unspecified atom stereocenters. The number of thiocarbonyl (C=S) groups is 1. The summed E-state index contributed by atoms with van der Waals surface area (Å²) in [4.78, 5) is 13.2. The zero-order valence-electron chi connectivity index (χ0n) is 15.6. The molecule has 8 heteroatoms. The van der Waals surface area contributed by atoms with Crippen LogP contribution in [-0.4, -0.2) is 25.2 Å². The van der Waals surface area contributed by atoms with Crippen molar-refractivity contribution in [1.29, 1.82) is 0 Å². The second kappa shape index (κ2) is 8.62. The highest BCUT2D eigenvalue weighted by molar-refractivity contribution is 9.10. The van der Waals surface area contributed by atoms with Crippen molar-refractivity contribution in [2.75, 3.05) is 19.5 Å². The SMILES string of the molecule is COc1ccc(OC)c(NC(=O)C2=C(C)NC(=S)N[C@H]2c2cccc(Br)c2)c1. The molecule has 6 nitrogen and oxygen atoms in total. The van der Waals surface area contributed by atoms with E-state index >= 15 is 0 Å². The highest BCUT2D eigenvalue weighted by atomic mass is 79.9. The molecule has 1 amide bonds. The molecule has 3 rings (SSSR count). The Bertz CT molecular complexity index is 961. The number of carbonyl (C=O) groups excluding carboxylic acids is 1. The highest BCUT2D eigenvalue weighted by Crippen LogP contribution is 2.32. The van der Waals surface area contributed by atoms with Crippen LogP contribution >= 0.6 is 28.1 Å². The molecule has 146 valence electrons. The molecular formula is C20H20BrN3O3S. The Hall–Kier alpha value is -2.58. The normalized spacial score (nSPS) is 16.1. The van der Waals surface area contributed by atoms with E-state index in [1.165, 1.54) is 0 Å². The molecule has 0 aromatic heterocycles. The number of ether oxygens (including phenoxy) is 2. The number of hydrogen-bond donors (Lipinski definition) is 3. The van der Waals surface area contributed by atoms with Gasteiger partial charge < -0.3 is 25.4 Å². The summed E-state index contributed by atoms with van der Waals surface area (Å²) in [6, 6.07) is 12.6. The zero-order chi connectivity index (χ0) is 20.3. The smallest absolute Gasteiger partial charge is 0.255 e. The molecule has 2 aromatic rings. The molecule has 0 saturated heterocycles. The number of rotatable bonds is 5. The second-order valence-electron chi connectivity index (χ2n) is 6.15. The molecule has 0 spiro atoms. The molecule has 0 fully saturated rings. The minimum atomic E-state index is -0.386. The molecule has 2 aromatic carbocycles. The van der Waals surface area contributed by atoms with Crippen LogP contribution in [0.4, 0.5) is 5.69 Å². The van der Waals surface area contributed by atoms with Crippen LogP contribution in [0.15, 0.2) is 58.2 Å². The first-order valence-corrected chi connectivity index (χ1v) is 9.70. The maximum atomic E-state index is 13.2. The van der Waals surface area contributed by atoms with E-state index < -0.39 is 0 Å². The average molecular weight is 462 g/mol. The van der Waals surface area contributed by atoms with Crippen molar-refractivity contribution in [2.24, 2.45) is 0 Å². The second-order valence-corrected chi connectivity index (χ2v) is 7.47. The fourth-order valence-corrected chi connectivity index (χ4v) is 3.72. The zero-order valence-corrected chi connectivity index (χ0v) is 18.0. The molecule has 1 heterocycles. The number of nitrogens with one attached hydrogen (secondary N) is 3. The van der Waals surface area contributed by atoms with Gasteiger partial charge in [0.15, 0.2) is 5.11 Å². The maximum Gasteiger partial charge on any atom is 0.255 e. The van der Waals surface area contributed by atoms with Crippen molar-refractivity contribution in [1.82, 2.24) is 10.6 Å². The number of benzene rings is 2. The van der Waals surface area contributed by atoms with E-state index in [4.69, 9.17) is 21.7 Å². The van der Waals surface area contributed by atoms with Crippen molar-refractivity contribution >= 4 is 44.9 Å². The quantitative estimate of drug-likeness (QED) is 0.586. The van der Waals surface area contributed by atoms with E-state index in [1.807, 2.05) is 31.2 Å². The average Bonchev–Trinajstić information content (AvgIpc) is 2.67. The third kappa shape index (κ3) is 4.28. The minimum absolute atomic E-state index is 0.267. The molecule has 3 N–H and O–H groups in total. The topological polar surface area (TPSA) is 71.6 Å². The molecular weight excluding hydrogens is 442 g/mol. The van der Waals surface area contributed by atoms with Gasteiger partial charge in [-0.2, -0.15) is 0 Å². The number of allylic oxidation sites excluding steroid dienone is 1. The first-order valence-electron chi connectivity index (χ1n) is 8.50. The lowest BCUT2D eigenvalue weighted by atomic mass is 9.95. The Labute approximate surface area is 177 Å². The molecule has 0 radical (unpaired) electrons. The number of halogens is 1. The van der Waals surface area contributed by atoms with Crippen LogP contribution in [0, 0.1) is 0 Å². The van der Waals surface area contributed by atoms with Crippen molar-refractivity contribution in [3.8, 4) is 11.5 Å². The molecule has 1 aliphatic rings. The van der Waals surface area contributed by atoms with E-state index in [2.05, 4.69) is 31.9 Å². The largest absolute Gasteiger partial charge is 0.497 e. The first-order chi connectivity index (χ1) is 13.4. The predicted octanol–water partition coefficient (Wildman–Crippen LogP) is 3.90. The van der Waals surface area contributed by atoms with E-state index in [9.17, 15) is 4.79 Å². The van der Waals surface area contributed by atoms with E-state index in [0.717, 1.165) is 10.0 Å². The van der Waals surface area contributed by atoms with Gasteiger partial charge >= 0.3 is 0 Å². The summed E-state index contributed by atoms with van der Waals surface area (Å²) >= 11 is 8.78. The van der Waals surface area contributed by atoms with E-state index in [0.29, 0.717) is 33.6 Å². The molecule has 1 aliphatic heterocycles. The standard InChI is InChI=1S/C20H20BrN3O3S/c1-11-17(18(24-20(28)22-11)12-5-4-6-13(21)9-12)19(25)23-15-10-14(26-2)7-8-16(15)27-3/h4-10,18H,1-3H3,(H,23,25)(H2,22,24,28)/t18-/m0/s1. The fraction of sp³-hybridized carbons (Fsp3) is 0.200. The highest BCUT2D eigenvalue weighted by Gasteiger charge is 2.30. The van der Waals surface area contributed by atoms with Crippen molar-refractivity contribution < 1.29 is 14.3 Å². The number of anilines is 1. The number of amides is 1. The van der Waals surface area contributed by atoms with Gasteiger partial charge in [0.25, 0.3) is 5.91 Å². The summed E-state index contributed by atoms with van der Waals surface area (Å²) in [5, 5.41) is 9.62. The van der Waals surface area contributed by atoms with Gasteiger partial charge in [-0.3, -0.25) is 4.79 Å². The summed E-state index contributed by atoms with van der Waals surface area (Å²) in [7, 11) is 3.12. The summed E-state index contributed by atoms with van der Waals surface area (Å²) in [6.07, 6.45) is 0. The van der Waals surface area contributed by atoms with Gasteiger partial charge in [0.05, 0.1) is 31.5 Å². The summed E-state index contributed by atoms with van der Waals surface area (Å²) in [5.41, 5.74) is 2.67. The molecule has 0 aliphatic carbocycles. The Morgan fingerprint density at radius 1 is 1.18 bits per heavy atom. The molecule has 0 saturated carbocycles. The Kier molecular flexibility index (Phi) is 6.21. The van der Waals surface area contributed by atoms with Crippen LogP contribution in [-0.2, 0) is 4.79 Å². The Balaban J connectivity index is 1.98. The lowest BCUT2D eigenvalue weighted by Crippen LogP contribution is -2.45. The van der Waals surface area contributed by atoms with Gasteiger partial charge in [-0.1, -0.05) is 28.1 Å². The number of hydrogen-bond acceptors (Lipinski definition) is 4. The Morgan fingerprint density at radius 3 is 2.64 bits per heavy atom. The summed E-state index contributed by atoms with van der Waals surface area (Å²) in [6.45, 7) is 1.83. The monoisotopic (exact) mass is 461 g/mol.